The second-order valence-corrected chi connectivity index (χ2v) is 5.92. The lowest BCUT2D eigenvalue weighted by molar-refractivity contribution is 0.847. The quantitative estimate of drug-likeness (QED) is 0.658. The number of nitrogens with one attached hydrogen (secondary N) is 1. The molecule has 2 rings (SSSR count). The van der Waals surface area contributed by atoms with Crippen LogP contribution in [0.1, 0.15) is 22.4 Å². The first kappa shape index (κ1) is 15.4. The Kier molecular flexibility index (Phi) is 4.57. The van der Waals surface area contributed by atoms with Gasteiger partial charge < -0.3 is 10.6 Å². The Morgan fingerprint density at radius 3 is 2.43 bits per heavy atom. The average molecular weight is 348 g/mol. The molecule has 2 aromatic rings. The van der Waals surface area contributed by atoms with E-state index in [1.54, 1.807) is 0 Å². The smallest absolute Gasteiger partial charge is 0.162 e. The summed E-state index contributed by atoms with van der Waals surface area (Å²) >= 11 is 3.42. The first-order valence-electron chi connectivity index (χ1n) is 6.54. The highest BCUT2D eigenvalue weighted by Gasteiger charge is 2.17. The lowest BCUT2D eigenvalue weighted by atomic mass is 10.1. The molecule has 0 radical (unpaired) electrons. The third-order valence-corrected chi connectivity index (χ3v) is 3.93. The van der Waals surface area contributed by atoms with E-state index in [2.05, 4.69) is 26.1 Å². The minimum Gasteiger partial charge on any atom is -0.384 e. The molecule has 3 N–H and O–H groups in total. The Morgan fingerprint density at radius 1 is 1.24 bits per heavy atom. The first-order chi connectivity index (χ1) is 9.90. The van der Waals surface area contributed by atoms with Gasteiger partial charge in [-0.2, -0.15) is 5.10 Å². The van der Waals surface area contributed by atoms with E-state index < -0.39 is 0 Å². The molecule has 1 aromatic heterocycles. The molecule has 21 heavy (non-hydrogen) atoms. The molecule has 1 aromatic carbocycles. The van der Waals surface area contributed by atoms with Crippen LogP contribution in [0, 0.1) is 19.3 Å². The standard InChI is InChI=1S/C15H18BrN5/c1-9-10(2)19-20-15(13(9)14(17)18)21(3)8-11-4-6-12(16)7-5-11/h4-7H,8H2,1-3H3,(H3,17,18). The van der Waals surface area contributed by atoms with Gasteiger partial charge >= 0.3 is 0 Å². The van der Waals surface area contributed by atoms with Gasteiger partial charge in [-0.3, -0.25) is 5.41 Å². The van der Waals surface area contributed by atoms with Gasteiger partial charge in [0.15, 0.2) is 5.82 Å². The minimum atomic E-state index is 0.0168. The molecule has 110 valence electrons. The van der Waals surface area contributed by atoms with Crippen molar-refractivity contribution in [1.82, 2.24) is 10.2 Å². The number of halogens is 1. The van der Waals surface area contributed by atoms with E-state index in [0.717, 1.165) is 21.3 Å². The molecule has 0 amide bonds. The highest BCUT2D eigenvalue weighted by Crippen LogP contribution is 2.22. The summed E-state index contributed by atoms with van der Waals surface area (Å²) in [6.07, 6.45) is 0. The van der Waals surface area contributed by atoms with Gasteiger partial charge in [0.1, 0.15) is 5.84 Å². The number of aryl methyl sites for hydroxylation is 1. The van der Waals surface area contributed by atoms with Crippen molar-refractivity contribution in [2.45, 2.75) is 20.4 Å². The number of amidine groups is 1. The highest BCUT2D eigenvalue weighted by atomic mass is 79.9. The Balaban J connectivity index is 2.35. The zero-order valence-electron chi connectivity index (χ0n) is 12.3. The molecule has 0 saturated carbocycles. The zero-order valence-corrected chi connectivity index (χ0v) is 13.9. The number of nitrogens with zero attached hydrogens (tertiary/aromatic N) is 3. The van der Waals surface area contributed by atoms with Crippen molar-refractivity contribution in [3.8, 4) is 0 Å². The summed E-state index contributed by atoms with van der Waals surface area (Å²) in [5, 5.41) is 16.2. The van der Waals surface area contributed by atoms with Crippen molar-refractivity contribution in [3.05, 3.63) is 51.1 Å². The predicted molar refractivity (Wildman–Crippen MR) is 88.8 cm³/mol. The summed E-state index contributed by atoms with van der Waals surface area (Å²) in [5.41, 5.74) is 9.21. The second-order valence-electron chi connectivity index (χ2n) is 5.01. The molecule has 0 fully saturated rings. The van der Waals surface area contributed by atoms with Crippen LogP contribution in [0.2, 0.25) is 0 Å². The van der Waals surface area contributed by atoms with Crippen molar-refractivity contribution in [3.63, 3.8) is 0 Å². The van der Waals surface area contributed by atoms with Crippen LogP contribution < -0.4 is 10.6 Å². The van der Waals surface area contributed by atoms with Gasteiger partial charge in [-0.15, -0.1) is 5.10 Å². The van der Waals surface area contributed by atoms with Gasteiger partial charge in [0.05, 0.1) is 11.3 Å². The topological polar surface area (TPSA) is 78.9 Å². The SMILES string of the molecule is Cc1nnc(N(C)Cc2ccc(Br)cc2)c(C(=N)N)c1C. The molecule has 0 aliphatic carbocycles. The number of nitrogen functional groups attached to an aromatic ring is 1. The van der Waals surface area contributed by atoms with E-state index in [1.807, 2.05) is 50.1 Å². The fraction of sp³-hybridized carbons (Fsp3) is 0.267. The van der Waals surface area contributed by atoms with Crippen LogP contribution in [0.4, 0.5) is 5.82 Å². The molecule has 0 spiro atoms. The molecule has 1 heterocycles. The normalized spacial score (nSPS) is 10.5. The molecule has 0 bridgehead atoms. The van der Waals surface area contributed by atoms with Gasteiger partial charge in [0.25, 0.3) is 0 Å². The van der Waals surface area contributed by atoms with Gasteiger partial charge in [0, 0.05) is 18.1 Å². The molecule has 6 heteroatoms. The molecule has 0 aliphatic rings. The first-order valence-corrected chi connectivity index (χ1v) is 7.33. The lowest BCUT2D eigenvalue weighted by Gasteiger charge is -2.22. The Bertz CT molecular complexity index is 667. The van der Waals surface area contributed by atoms with Gasteiger partial charge in [-0.25, -0.2) is 0 Å². The molecule has 0 saturated heterocycles. The van der Waals surface area contributed by atoms with E-state index in [0.29, 0.717) is 17.9 Å². The Hall–Kier alpha value is -1.95. The van der Waals surface area contributed by atoms with E-state index in [9.17, 15) is 0 Å². The largest absolute Gasteiger partial charge is 0.384 e. The maximum absolute atomic E-state index is 7.79. The molecule has 0 unspecified atom stereocenters. The summed E-state index contributed by atoms with van der Waals surface area (Å²) in [7, 11) is 1.92. The predicted octanol–water partition coefficient (Wildman–Crippen LogP) is 2.78. The fourth-order valence-corrected chi connectivity index (χ4v) is 2.39. The number of rotatable bonds is 4. The highest BCUT2D eigenvalue weighted by molar-refractivity contribution is 9.10. The van der Waals surface area contributed by atoms with Crippen LogP contribution in [-0.4, -0.2) is 23.1 Å². The monoisotopic (exact) mass is 347 g/mol. The number of anilines is 1. The lowest BCUT2D eigenvalue weighted by Crippen LogP contribution is -2.25. The van der Waals surface area contributed by atoms with Crippen LogP contribution >= 0.6 is 15.9 Å². The van der Waals surface area contributed by atoms with Crippen LogP contribution in [0.5, 0.6) is 0 Å². The van der Waals surface area contributed by atoms with Crippen LogP contribution in [0.3, 0.4) is 0 Å². The number of nitrogens with two attached hydrogens (primary N) is 1. The summed E-state index contributed by atoms with van der Waals surface area (Å²) in [5.74, 6) is 0.650. The maximum Gasteiger partial charge on any atom is 0.162 e. The molecule has 5 nitrogen and oxygen atoms in total. The van der Waals surface area contributed by atoms with Crippen LogP contribution in [-0.2, 0) is 6.54 Å². The van der Waals surface area contributed by atoms with Crippen LogP contribution in [0.25, 0.3) is 0 Å². The molecular weight excluding hydrogens is 330 g/mol. The van der Waals surface area contributed by atoms with E-state index in [1.165, 1.54) is 0 Å². The number of hydrogen-bond donors (Lipinski definition) is 2. The Labute approximate surface area is 132 Å². The summed E-state index contributed by atoms with van der Waals surface area (Å²) in [4.78, 5) is 1.96. The number of hydrogen-bond acceptors (Lipinski definition) is 4. The van der Waals surface area contributed by atoms with Gasteiger partial charge in [-0.1, -0.05) is 28.1 Å². The van der Waals surface area contributed by atoms with Crippen molar-refractivity contribution in [2.75, 3.05) is 11.9 Å². The average Bonchev–Trinajstić information content (AvgIpc) is 2.43. The van der Waals surface area contributed by atoms with Gasteiger partial charge in [0.2, 0.25) is 0 Å². The van der Waals surface area contributed by atoms with Crippen molar-refractivity contribution >= 4 is 27.6 Å². The fourth-order valence-electron chi connectivity index (χ4n) is 2.12. The van der Waals surface area contributed by atoms with Crippen LogP contribution in [0.15, 0.2) is 28.7 Å². The van der Waals surface area contributed by atoms with E-state index in [-0.39, 0.29) is 5.84 Å². The third kappa shape index (κ3) is 3.39. The maximum atomic E-state index is 7.79. The summed E-state index contributed by atoms with van der Waals surface area (Å²) < 4.78 is 1.05. The minimum absolute atomic E-state index is 0.0168. The van der Waals surface area contributed by atoms with Crippen molar-refractivity contribution < 1.29 is 0 Å². The summed E-state index contributed by atoms with van der Waals surface area (Å²) in [6.45, 7) is 4.45. The summed E-state index contributed by atoms with van der Waals surface area (Å²) in [6, 6.07) is 8.09. The Morgan fingerprint density at radius 2 is 1.86 bits per heavy atom. The number of aromatic nitrogens is 2. The van der Waals surface area contributed by atoms with E-state index in [4.69, 9.17) is 11.1 Å². The second kappa shape index (κ2) is 6.22. The molecule has 0 aliphatic heterocycles. The van der Waals surface area contributed by atoms with Crippen molar-refractivity contribution in [1.29, 1.82) is 5.41 Å². The zero-order chi connectivity index (χ0) is 15.6. The molecule has 0 atom stereocenters. The van der Waals surface area contributed by atoms with Crippen molar-refractivity contribution in [2.24, 2.45) is 5.73 Å². The van der Waals surface area contributed by atoms with Gasteiger partial charge in [-0.05, 0) is 37.1 Å². The number of benzene rings is 1. The third-order valence-electron chi connectivity index (χ3n) is 3.40. The van der Waals surface area contributed by atoms with E-state index >= 15 is 0 Å². The molecular formula is C15H18BrN5.